The first-order valence-corrected chi connectivity index (χ1v) is 4.15. The molecule has 0 bridgehead atoms. The second kappa shape index (κ2) is 5.34. The van der Waals surface area contributed by atoms with Gasteiger partial charge in [0.25, 0.3) is 0 Å². The molecular weight excluding hydrogens is 188 g/mol. The van der Waals surface area contributed by atoms with Crippen molar-refractivity contribution in [2.45, 2.75) is 0 Å². The van der Waals surface area contributed by atoms with Gasteiger partial charge in [0.2, 0.25) is 0 Å². The van der Waals surface area contributed by atoms with Crippen LogP contribution in [0, 0.1) is 5.82 Å². The van der Waals surface area contributed by atoms with Gasteiger partial charge in [-0.2, -0.15) is 0 Å². The molecule has 0 radical (unpaired) electrons. The molecule has 0 saturated carbocycles. The fourth-order valence-corrected chi connectivity index (χ4v) is 0.870. The molecule has 2 N–H and O–H groups in total. The highest BCUT2D eigenvalue weighted by Gasteiger charge is 1.97. The van der Waals surface area contributed by atoms with E-state index < -0.39 is 5.83 Å². The first-order chi connectivity index (χ1) is 6.72. The van der Waals surface area contributed by atoms with Crippen LogP contribution in [0.3, 0.4) is 0 Å². The van der Waals surface area contributed by atoms with Gasteiger partial charge in [0.1, 0.15) is 24.0 Å². The zero-order valence-corrected chi connectivity index (χ0v) is 7.54. The molecule has 1 aromatic rings. The van der Waals surface area contributed by atoms with Crippen LogP contribution in [0.25, 0.3) is 0 Å². The van der Waals surface area contributed by atoms with Gasteiger partial charge in [0, 0.05) is 6.54 Å². The third-order valence-corrected chi connectivity index (χ3v) is 1.53. The largest absolute Gasteiger partial charge is 0.487 e. The first kappa shape index (κ1) is 10.7. The van der Waals surface area contributed by atoms with Crippen LogP contribution in [-0.4, -0.2) is 13.2 Å². The molecule has 0 atom stereocenters. The molecule has 14 heavy (non-hydrogen) atoms. The number of benzene rings is 1. The van der Waals surface area contributed by atoms with E-state index in [9.17, 15) is 8.78 Å². The Kier molecular flexibility index (Phi) is 4.07. The van der Waals surface area contributed by atoms with Crippen LogP contribution in [0.1, 0.15) is 0 Å². The molecule has 4 heteroatoms. The predicted molar refractivity (Wildman–Crippen MR) is 50.1 cm³/mol. The fourth-order valence-electron chi connectivity index (χ4n) is 0.870. The van der Waals surface area contributed by atoms with E-state index in [2.05, 4.69) is 0 Å². The summed E-state index contributed by atoms with van der Waals surface area (Å²) in [5.74, 6) is -0.362. The van der Waals surface area contributed by atoms with Gasteiger partial charge in [-0.25, -0.2) is 8.78 Å². The molecule has 0 aliphatic carbocycles. The van der Waals surface area contributed by atoms with Crippen molar-refractivity contribution in [3.8, 4) is 5.75 Å². The Hall–Kier alpha value is -1.42. The first-order valence-electron chi connectivity index (χ1n) is 4.15. The summed E-state index contributed by atoms with van der Waals surface area (Å²) >= 11 is 0. The lowest BCUT2D eigenvalue weighted by molar-refractivity contribution is 0.318. The predicted octanol–water partition coefficient (Wildman–Crippen LogP) is 2.02. The van der Waals surface area contributed by atoms with Crippen molar-refractivity contribution in [1.82, 2.24) is 0 Å². The van der Waals surface area contributed by atoms with Gasteiger partial charge in [-0.1, -0.05) is 0 Å². The molecular formula is C10H11F2NO. The second-order valence-electron chi connectivity index (χ2n) is 2.63. The summed E-state index contributed by atoms with van der Waals surface area (Å²) in [5.41, 5.74) is 5.10. The molecule has 0 spiro atoms. The topological polar surface area (TPSA) is 35.2 Å². The minimum absolute atomic E-state index is 0.138. The molecule has 0 aromatic heterocycles. The summed E-state index contributed by atoms with van der Waals surface area (Å²) in [6.07, 6.45) is 1.23. The Morgan fingerprint density at radius 2 is 2.00 bits per heavy atom. The minimum atomic E-state index is -0.433. The van der Waals surface area contributed by atoms with Crippen LogP contribution < -0.4 is 10.5 Å². The summed E-state index contributed by atoms with van der Waals surface area (Å²) in [7, 11) is 0. The van der Waals surface area contributed by atoms with Gasteiger partial charge in [-0.05, 0) is 30.3 Å². The van der Waals surface area contributed by atoms with Gasteiger partial charge in [-0.15, -0.1) is 0 Å². The van der Waals surface area contributed by atoms with E-state index in [0.717, 1.165) is 0 Å². The summed E-state index contributed by atoms with van der Waals surface area (Å²) in [5, 5.41) is 0. The molecule has 0 amide bonds. The van der Waals surface area contributed by atoms with Crippen LogP contribution in [0.15, 0.2) is 36.2 Å². The molecule has 0 heterocycles. The van der Waals surface area contributed by atoms with E-state index in [1.165, 1.54) is 30.3 Å². The molecule has 0 fully saturated rings. The van der Waals surface area contributed by atoms with Crippen LogP contribution in [0.5, 0.6) is 5.75 Å². The number of hydrogen-bond donors (Lipinski definition) is 1. The average molecular weight is 199 g/mol. The summed E-state index contributed by atoms with van der Waals surface area (Å²) in [6, 6.07) is 5.37. The molecule has 76 valence electrons. The van der Waals surface area contributed by atoms with Crippen LogP contribution in [-0.2, 0) is 0 Å². The standard InChI is InChI=1S/C10H11F2NO/c11-8-1-3-10(4-2-8)14-7-9(12)5-6-13/h1-5H,6-7,13H2/b9-5-. The lowest BCUT2D eigenvalue weighted by atomic mass is 10.3. The highest BCUT2D eigenvalue weighted by molar-refractivity contribution is 5.22. The Balaban J connectivity index is 2.46. The molecule has 0 unspecified atom stereocenters. The van der Waals surface area contributed by atoms with Crippen molar-refractivity contribution >= 4 is 0 Å². The van der Waals surface area contributed by atoms with Crippen LogP contribution >= 0.6 is 0 Å². The number of nitrogens with two attached hydrogens (primary N) is 1. The van der Waals surface area contributed by atoms with Gasteiger partial charge in [0.05, 0.1) is 0 Å². The zero-order chi connectivity index (χ0) is 10.4. The SMILES string of the molecule is NC/C=C(\F)COc1ccc(F)cc1. The maximum absolute atomic E-state index is 12.8. The highest BCUT2D eigenvalue weighted by Crippen LogP contribution is 2.12. The number of rotatable bonds is 4. The number of ether oxygens (including phenoxy) is 1. The van der Waals surface area contributed by atoms with E-state index in [1.807, 2.05) is 0 Å². The van der Waals surface area contributed by atoms with Crippen molar-refractivity contribution < 1.29 is 13.5 Å². The maximum atomic E-state index is 12.8. The Labute approximate surface area is 81.0 Å². The fraction of sp³-hybridized carbons (Fsp3) is 0.200. The van der Waals surface area contributed by atoms with Crippen molar-refractivity contribution in [1.29, 1.82) is 0 Å². The molecule has 0 aliphatic heterocycles. The van der Waals surface area contributed by atoms with E-state index >= 15 is 0 Å². The molecule has 0 saturated heterocycles. The quantitative estimate of drug-likeness (QED) is 0.805. The average Bonchev–Trinajstić information content (AvgIpc) is 2.17. The third kappa shape index (κ3) is 3.53. The monoisotopic (exact) mass is 199 g/mol. The summed E-state index contributed by atoms with van der Waals surface area (Å²) in [6.45, 7) is -0.0402. The minimum Gasteiger partial charge on any atom is -0.487 e. The normalized spacial score (nSPS) is 11.5. The van der Waals surface area contributed by atoms with Crippen molar-refractivity contribution in [3.63, 3.8) is 0 Å². The smallest absolute Gasteiger partial charge is 0.139 e. The lowest BCUT2D eigenvalue weighted by Crippen LogP contribution is -2.01. The molecule has 2 nitrogen and oxygen atoms in total. The van der Waals surface area contributed by atoms with Gasteiger partial charge in [0.15, 0.2) is 0 Å². The van der Waals surface area contributed by atoms with Crippen LogP contribution in [0.2, 0.25) is 0 Å². The third-order valence-electron chi connectivity index (χ3n) is 1.53. The summed E-state index contributed by atoms with van der Waals surface area (Å²) in [4.78, 5) is 0. The van der Waals surface area contributed by atoms with Gasteiger partial charge in [-0.3, -0.25) is 0 Å². The zero-order valence-electron chi connectivity index (χ0n) is 7.54. The van der Waals surface area contributed by atoms with E-state index in [-0.39, 0.29) is 19.0 Å². The number of hydrogen-bond acceptors (Lipinski definition) is 2. The van der Waals surface area contributed by atoms with E-state index in [4.69, 9.17) is 10.5 Å². The van der Waals surface area contributed by atoms with Gasteiger partial charge >= 0.3 is 0 Å². The van der Waals surface area contributed by atoms with E-state index in [1.54, 1.807) is 0 Å². The Bertz CT molecular complexity index is 308. The van der Waals surface area contributed by atoms with Crippen LogP contribution in [0.4, 0.5) is 8.78 Å². The summed E-state index contributed by atoms with van der Waals surface area (Å²) < 4.78 is 30.2. The van der Waals surface area contributed by atoms with Crippen molar-refractivity contribution in [2.24, 2.45) is 5.73 Å². The van der Waals surface area contributed by atoms with Crippen molar-refractivity contribution in [2.75, 3.05) is 13.2 Å². The maximum Gasteiger partial charge on any atom is 0.139 e. The van der Waals surface area contributed by atoms with Crippen molar-refractivity contribution in [3.05, 3.63) is 42.0 Å². The van der Waals surface area contributed by atoms with Gasteiger partial charge < -0.3 is 10.5 Å². The molecule has 1 aromatic carbocycles. The molecule has 0 aliphatic rings. The Morgan fingerprint density at radius 1 is 1.36 bits per heavy atom. The Morgan fingerprint density at radius 3 is 2.57 bits per heavy atom. The van der Waals surface area contributed by atoms with E-state index in [0.29, 0.717) is 5.75 Å². The second-order valence-corrected chi connectivity index (χ2v) is 2.63. The lowest BCUT2D eigenvalue weighted by Gasteiger charge is -2.03. The number of halogens is 2. The molecule has 1 rings (SSSR count). The highest BCUT2D eigenvalue weighted by atomic mass is 19.1.